The summed E-state index contributed by atoms with van der Waals surface area (Å²) in [6, 6.07) is 5.44. The number of aliphatic hydroxyl groups is 1. The molecule has 0 bridgehead atoms. The highest BCUT2D eigenvalue weighted by molar-refractivity contribution is 5.94. The maximum Gasteiger partial charge on any atom is 0.433 e. The summed E-state index contributed by atoms with van der Waals surface area (Å²) in [5.74, 6) is -3.59. The molecule has 0 spiro atoms. The molecule has 2 aliphatic rings. The van der Waals surface area contributed by atoms with Crippen LogP contribution in [0.1, 0.15) is 72.7 Å². The highest BCUT2D eigenvalue weighted by Crippen LogP contribution is 2.38. The fourth-order valence-corrected chi connectivity index (χ4v) is 5.83. The summed E-state index contributed by atoms with van der Waals surface area (Å²) < 4.78 is 92.0. The fraction of sp³-hybridized carbons (Fsp3) is 0.394. The number of hydrogen-bond donors (Lipinski definition) is 3. The molecule has 2 aromatic heterocycles. The van der Waals surface area contributed by atoms with E-state index < -0.39 is 78.1 Å². The molecule has 1 aliphatic heterocycles. The molecule has 3 heterocycles. The number of hydrogen-bond acceptors (Lipinski definition) is 7. The molecule has 1 aromatic carbocycles. The van der Waals surface area contributed by atoms with Gasteiger partial charge in [-0.15, -0.1) is 0 Å². The lowest BCUT2D eigenvalue weighted by Crippen LogP contribution is -2.39. The Morgan fingerprint density at radius 1 is 1.16 bits per heavy atom. The van der Waals surface area contributed by atoms with E-state index >= 15 is 0 Å². The van der Waals surface area contributed by atoms with Crippen LogP contribution in [0, 0.1) is 5.82 Å². The molecule has 0 radical (unpaired) electrons. The van der Waals surface area contributed by atoms with Gasteiger partial charge in [0.05, 0.1) is 28.6 Å². The van der Waals surface area contributed by atoms with Gasteiger partial charge in [0.25, 0.3) is 5.91 Å². The lowest BCUT2D eigenvalue weighted by molar-refractivity contribution is -0.242. The average molecular weight is 693 g/mol. The Labute approximate surface area is 277 Å². The number of alkyl halides is 4. The van der Waals surface area contributed by atoms with Gasteiger partial charge in [-0.3, -0.25) is 19.3 Å². The number of amides is 2. The Balaban J connectivity index is 1.47. The van der Waals surface area contributed by atoms with E-state index in [1.165, 1.54) is 29.3 Å². The third kappa shape index (κ3) is 8.37. The summed E-state index contributed by atoms with van der Waals surface area (Å²) in [6.45, 7) is 3.63. The van der Waals surface area contributed by atoms with Gasteiger partial charge >= 0.3 is 6.18 Å². The summed E-state index contributed by atoms with van der Waals surface area (Å²) in [4.78, 5) is 31.0. The number of aliphatic hydroxyl groups excluding tert-OH is 1. The largest absolute Gasteiger partial charge is 0.433 e. The number of primary amides is 1. The Hall–Kier alpha value is -4.54. The number of ether oxygens (including phenoxy) is 1. The Kier molecular flexibility index (Phi) is 10.0. The van der Waals surface area contributed by atoms with E-state index in [2.05, 4.69) is 15.4 Å². The third-order valence-electron chi connectivity index (χ3n) is 7.79. The summed E-state index contributed by atoms with van der Waals surface area (Å²) in [6.07, 6.45) is -5.14. The molecule has 2 amide bonds. The third-order valence-corrected chi connectivity index (χ3v) is 7.79. The zero-order chi connectivity index (χ0) is 35.8. The van der Waals surface area contributed by atoms with E-state index in [1.54, 1.807) is 26.8 Å². The molecule has 2 unspecified atom stereocenters. The summed E-state index contributed by atoms with van der Waals surface area (Å²) in [7, 11) is 0. The average Bonchev–Trinajstić information content (AvgIpc) is 3.53. The van der Waals surface area contributed by atoms with Gasteiger partial charge in [0.1, 0.15) is 30.1 Å². The zero-order valence-corrected chi connectivity index (χ0v) is 26.7. The maximum absolute atomic E-state index is 14.4. The van der Waals surface area contributed by atoms with Crippen LogP contribution in [-0.2, 0) is 35.3 Å². The minimum Gasteiger partial charge on any atom is -0.366 e. The van der Waals surface area contributed by atoms with Crippen molar-refractivity contribution in [2.24, 2.45) is 5.73 Å². The van der Waals surface area contributed by atoms with Gasteiger partial charge in [-0.1, -0.05) is 12.1 Å². The zero-order valence-electron chi connectivity index (χ0n) is 26.7. The molecule has 0 saturated heterocycles. The lowest BCUT2D eigenvalue weighted by atomic mass is 9.92. The van der Waals surface area contributed by atoms with Crippen molar-refractivity contribution in [2.75, 3.05) is 0 Å². The molecule has 262 valence electrons. The molecule has 16 heteroatoms. The molecular formula is C33H34F6N6O4. The van der Waals surface area contributed by atoms with Gasteiger partial charge in [-0.05, 0) is 68.7 Å². The predicted octanol–water partition coefficient (Wildman–Crippen LogP) is 5.38. The number of carbonyl (C=O) groups is 2. The molecule has 10 nitrogen and oxygen atoms in total. The minimum absolute atomic E-state index is 0.00349. The number of nitrogens with one attached hydrogen (secondary N) is 1. The van der Waals surface area contributed by atoms with Crippen LogP contribution in [0.3, 0.4) is 0 Å². The first kappa shape index (κ1) is 35.8. The lowest BCUT2D eigenvalue weighted by Gasteiger charge is -2.29. The van der Waals surface area contributed by atoms with E-state index in [-0.39, 0.29) is 53.2 Å². The van der Waals surface area contributed by atoms with Crippen molar-refractivity contribution in [3.8, 4) is 11.1 Å². The molecule has 4 N–H and O–H groups in total. The Bertz CT molecular complexity index is 1820. The number of allylic oxidation sites excluding steroid dienone is 3. The second-order valence-corrected chi connectivity index (χ2v) is 12.8. The molecule has 3 aromatic rings. The minimum atomic E-state index is -4.92. The van der Waals surface area contributed by atoms with Crippen LogP contribution in [0.2, 0.25) is 0 Å². The van der Waals surface area contributed by atoms with Crippen molar-refractivity contribution < 1.29 is 45.8 Å². The van der Waals surface area contributed by atoms with E-state index in [0.717, 1.165) is 18.2 Å². The summed E-state index contributed by atoms with van der Waals surface area (Å²) in [5.41, 5.74) is 3.56. The smallest absolute Gasteiger partial charge is 0.366 e. The van der Waals surface area contributed by atoms with E-state index in [4.69, 9.17) is 10.5 Å². The van der Waals surface area contributed by atoms with Crippen molar-refractivity contribution in [3.63, 3.8) is 0 Å². The summed E-state index contributed by atoms with van der Waals surface area (Å²) in [5, 5.41) is 17.1. The quantitative estimate of drug-likeness (QED) is 0.192. The standard InChI is InChI=1S/C33H34F6N6O4/c1-32(2,3)49-31(48)44-14-23-26(15-44)43-45(29(23)33(37,38)39)16-27(46)42-25(11-17-9-19(34)13-20(35)10-17)28-21(5-4-8-41-28)18-6-7-24(36)22(12-18)30(40)47/h4-10,12,19,25,31,48H,11,13-16H2,1-3H3,(H2,40,47)(H,42,46)/t19?,25-,31?/m0/s1. The second-order valence-electron chi connectivity index (χ2n) is 12.8. The van der Waals surface area contributed by atoms with Crippen LogP contribution in [0.5, 0.6) is 0 Å². The van der Waals surface area contributed by atoms with Gasteiger partial charge in [0, 0.05) is 36.8 Å². The van der Waals surface area contributed by atoms with Crippen molar-refractivity contribution in [1.82, 2.24) is 25.0 Å². The normalized spacial score (nSPS) is 18.0. The fourth-order valence-electron chi connectivity index (χ4n) is 5.83. The van der Waals surface area contributed by atoms with Gasteiger partial charge in [-0.2, -0.15) is 18.3 Å². The van der Waals surface area contributed by atoms with Gasteiger partial charge in [0.2, 0.25) is 12.3 Å². The highest BCUT2D eigenvalue weighted by Gasteiger charge is 2.44. The Morgan fingerprint density at radius 2 is 1.90 bits per heavy atom. The topological polar surface area (TPSA) is 136 Å². The second kappa shape index (κ2) is 13.8. The van der Waals surface area contributed by atoms with Gasteiger partial charge in [0.15, 0.2) is 0 Å². The first-order chi connectivity index (χ1) is 22.9. The number of carbonyl (C=O) groups excluding carboxylic acids is 2. The van der Waals surface area contributed by atoms with Crippen LogP contribution in [0.4, 0.5) is 26.3 Å². The summed E-state index contributed by atoms with van der Waals surface area (Å²) >= 11 is 0. The van der Waals surface area contributed by atoms with Gasteiger partial charge in [-0.25, -0.2) is 18.1 Å². The number of nitrogens with zero attached hydrogens (tertiary/aromatic N) is 4. The number of nitrogens with two attached hydrogens (primary N) is 1. The SMILES string of the molecule is CC(C)(C)OC(O)N1Cc2nn(CC(=O)N[C@@H](CC3=CC(F)CC(F)=C3)c3ncccc3-c3ccc(F)c(C(N)=O)c3)c(C(F)(F)F)c2C1. The van der Waals surface area contributed by atoms with Gasteiger partial charge < -0.3 is 20.9 Å². The van der Waals surface area contributed by atoms with Crippen molar-refractivity contribution in [2.45, 2.75) is 83.7 Å². The molecule has 1 aliphatic carbocycles. The van der Waals surface area contributed by atoms with Crippen molar-refractivity contribution in [3.05, 3.63) is 94.1 Å². The van der Waals surface area contributed by atoms with Crippen LogP contribution < -0.4 is 11.1 Å². The number of fused-ring (bicyclic) bond motifs is 1. The number of benzene rings is 1. The van der Waals surface area contributed by atoms with E-state index in [1.807, 2.05) is 0 Å². The first-order valence-electron chi connectivity index (χ1n) is 15.2. The maximum atomic E-state index is 14.4. The molecular weight excluding hydrogens is 658 g/mol. The molecule has 3 atom stereocenters. The number of aromatic nitrogens is 3. The van der Waals surface area contributed by atoms with Crippen LogP contribution >= 0.6 is 0 Å². The number of halogens is 6. The molecule has 49 heavy (non-hydrogen) atoms. The van der Waals surface area contributed by atoms with E-state index in [9.17, 15) is 41.0 Å². The van der Waals surface area contributed by atoms with Crippen LogP contribution in [-0.4, -0.2) is 54.8 Å². The highest BCUT2D eigenvalue weighted by atomic mass is 19.4. The molecule has 5 rings (SSSR count). The first-order valence-corrected chi connectivity index (χ1v) is 15.2. The van der Waals surface area contributed by atoms with E-state index in [0.29, 0.717) is 4.68 Å². The van der Waals surface area contributed by atoms with Crippen LogP contribution in [0.15, 0.2) is 60.1 Å². The molecule has 0 saturated carbocycles. The number of rotatable bonds is 10. The van der Waals surface area contributed by atoms with Crippen molar-refractivity contribution >= 4 is 11.8 Å². The monoisotopic (exact) mass is 692 g/mol. The molecule has 0 fully saturated rings. The predicted molar refractivity (Wildman–Crippen MR) is 164 cm³/mol. The number of pyridine rings is 1. The Morgan fingerprint density at radius 3 is 2.55 bits per heavy atom. The van der Waals surface area contributed by atoms with Crippen LogP contribution in [0.25, 0.3) is 11.1 Å². The van der Waals surface area contributed by atoms with Crippen molar-refractivity contribution in [1.29, 1.82) is 0 Å².